The fourth-order valence-electron chi connectivity index (χ4n) is 1.14. The first-order chi connectivity index (χ1) is 8.04. The van der Waals surface area contributed by atoms with Crippen molar-refractivity contribution in [3.63, 3.8) is 0 Å². The van der Waals surface area contributed by atoms with E-state index in [1.54, 1.807) is 13.0 Å². The van der Waals surface area contributed by atoms with Crippen LogP contribution in [0.3, 0.4) is 0 Å². The van der Waals surface area contributed by atoms with Crippen LogP contribution in [0, 0.1) is 0 Å². The van der Waals surface area contributed by atoms with Crippen molar-refractivity contribution in [2.24, 2.45) is 0 Å². The molecule has 0 saturated heterocycles. The average molecular weight is 367 g/mol. The number of aliphatic hydroxyl groups excluding tert-OH is 1. The highest BCUT2D eigenvalue weighted by Crippen LogP contribution is 2.28. The summed E-state index contributed by atoms with van der Waals surface area (Å²) in [6.45, 7) is 1.80. The Hall–Kier alpha value is -0.590. The number of halogens is 2. The van der Waals surface area contributed by atoms with Crippen LogP contribution in [0.25, 0.3) is 0 Å². The Morgan fingerprint density at radius 3 is 2.82 bits per heavy atom. The van der Waals surface area contributed by atoms with Gasteiger partial charge in [-0.2, -0.15) is 0 Å². The van der Waals surface area contributed by atoms with Crippen LogP contribution in [0.5, 0.6) is 5.75 Å². The molecule has 0 aliphatic heterocycles. The lowest BCUT2D eigenvalue weighted by atomic mass is 10.3. The second-order valence-electron chi connectivity index (χ2n) is 3.35. The molecule has 94 valence electrons. The fourth-order valence-corrected chi connectivity index (χ4v) is 2.28. The molecule has 0 heterocycles. The monoisotopic (exact) mass is 365 g/mol. The van der Waals surface area contributed by atoms with Crippen molar-refractivity contribution >= 4 is 37.8 Å². The van der Waals surface area contributed by atoms with Gasteiger partial charge in [0.1, 0.15) is 5.75 Å². The maximum absolute atomic E-state index is 11.5. The van der Waals surface area contributed by atoms with Crippen LogP contribution in [0.2, 0.25) is 0 Å². The Morgan fingerprint density at radius 1 is 1.53 bits per heavy atom. The van der Waals surface area contributed by atoms with E-state index in [1.165, 1.54) is 0 Å². The zero-order valence-corrected chi connectivity index (χ0v) is 12.4. The lowest BCUT2D eigenvalue weighted by molar-refractivity contribution is -0.127. The van der Waals surface area contributed by atoms with Gasteiger partial charge in [-0.15, -0.1) is 0 Å². The molecule has 1 atom stereocenters. The standard InChI is InChI=1S/C11H13Br2NO3/c1-7(11(16)14-4-5-15)17-10-3-2-8(12)6-9(10)13/h2-3,6-7,15H,4-5H2,1H3,(H,14,16)/t7-/m0/s1. The van der Waals surface area contributed by atoms with Gasteiger partial charge >= 0.3 is 0 Å². The van der Waals surface area contributed by atoms with Crippen molar-refractivity contribution in [3.8, 4) is 5.75 Å². The highest BCUT2D eigenvalue weighted by molar-refractivity contribution is 9.11. The zero-order valence-electron chi connectivity index (χ0n) is 9.24. The summed E-state index contributed by atoms with van der Waals surface area (Å²) in [7, 11) is 0. The number of carbonyl (C=O) groups is 1. The van der Waals surface area contributed by atoms with E-state index in [1.807, 2.05) is 12.1 Å². The average Bonchev–Trinajstić information content (AvgIpc) is 2.29. The molecule has 2 N–H and O–H groups in total. The minimum absolute atomic E-state index is 0.0829. The molecular formula is C11H13Br2NO3. The van der Waals surface area contributed by atoms with E-state index in [-0.39, 0.29) is 19.1 Å². The van der Waals surface area contributed by atoms with Crippen LogP contribution < -0.4 is 10.1 Å². The van der Waals surface area contributed by atoms with Gasteiger partial charge in [0.2, 0.25) is 0 Å². The highest BCUT2D eigenvalue weighted by atomic mass is 79.9. The molecule has 4 nitrogen and oxygen atoms in total. The first-order valence-corrected chi connectivity index (χ1v) is 6.63. The molecule has 0 fully saturated rings. The highest BCUT2D eigenvalue weighted by Gasteiger charge is 2.15. The Labute approximate surface area is 117 Å². The van der Waals surface area contributed by atoms with Crippen molar-refractivity contribution in [1.82, 2.24) is 5.32 Å². The maximum atomic E-state index is 11.5. The number of hydrogen-bond acceptors (Lipinski definition) is 3. The first-order valence-electron chi connectivity index (χ1n) is 5.05. The van der Waals surface area contributed by atoms with E-state index >= 15 is 0 Å². The summed E-state index contributed by atoms with van der Waals surface area (Å²) in [6, 6.07) is 5.44. The third kappa shape index (κ3) is 4.65. The van der Waals surface area contributed by atoms with Crippen LogP contribution in [0.15, 0.2) is 27.1 Å². The van der Waals surface area contributed by atoms with Gasteiger partial charge in [0.05, 0.1) is 11.1 Å². The molecule has 1 rings (SSSR count). The minimum Gasteiger partial charge on any atom is -0.480 e. The molecule has 0 bridgehead atoms. The van der Waals surface area contributed by atoms with Gasteiger partial charge in [0.25, 0.3) is 5.91 Å². The number of benzene rings is 1. The molecule has 0 radical (unpaired) electrons. The molecule has 0 spiro atoms. The Bertz CT molecular complexity index is 398. The van der Waals surface area contributed by atoms with E-state index in [4.69, 9.17) is 9.84 Å². The van der Waals surface area contributed by atoms with Gasteiger partial charge in [0, 0.05) is 11.0 Å². The second-order valence-corrected chi connectivity index (χ2v) is 5.12. The number of carbonyl (C=O) groups excluding carboxylic acids is 1. The molecule has 0 aromatic heterocycles. The molecule has 17 heavy (non-hydrogen) atoms. The SMILES string of the molecule is C[C@H](Oc1ccc(Br)cc1Br)C(=O)NCCO. The van der Waals surface area contributed by atoms with E-state index in [9.17, 15) is 4.79 Å². The van der Waals surface area contributed by atoms with Gasteiger partial charge in [-0.1, -0.05) is 15.9 Å². The molecule has 6 heteroatoms. The van der Waals surface area contributed by atoms with Gasteiger partial charge in [0.15, 0.2) is 6.10 Å². The smallest absolute Gasteiger partial charge is 0.260 e. The number of ether oxygens (including phenoxy) is 1. The Morgan fingerprint density at radius 2 is 2.24 bits per heavy atom. The number of rotatable bonds is 5. The van der Waals surface area contributed by atoms with Crippen LogP contribution in [-0.4, -0.2) is 30.3 Å². The van der Waals surface area contributed by atoms with Gasteiger partial charge in [-0.25, -0.2) is 0 Å². The van der Waals surface area contributed by atoms with Crippen molar-refractivity contribution in [2.45, 2.75) is 13.0 Å². The van der Waals surface area contributed by atoms with Gasteiger partial charge in [-0.05, 0) is 41.1 Å². The summed E-state index contributed by atoms with van der Waals surface area (Å²) in [5.41, 5.74) is 0. The Balaban J connectivity index is 2.61. The lowest BCUT2D eigenvalue weighted by Gasteiger charge is -2.15. The summed E-state index contributed by atoms with van der Waals surface area (Å²) >= 11 is 6.68. The van der Waals surface area contributed by atoms with Crippen molar-refractivity contribution < 1.29 is 14.6 Å². The molecule has 0 saturated carbocycles. The summed E-state index contributed by atoms with van der Waals surface area (Å²) in [5.74, 6) is 0.341. The van der Waals surface area contributed by atoms with Gasteiger partial charge in [-0.3, -0.25) is 4.79 Å². The number of hydrogen-bond donors (Lipinski definition) is 2. The van der Waals surface area contributed by atoms with Crippen LogP contribution >= 0.6 is 31.9 Å². The summed E-state index contributed by atoms with van der Waals surface area (Å²) < 4.78 is 7.19. The van der Waals surface area contributed by atoms with Crippen molar-refractivity contribution in [3.05, 3.63) is 27.1 Å². The fraction of sp³-hybridized carbons (Fsp3) is 0.364. The third-order valence-electron chi connectivity index (χ3n) is 1.98. The van der Waals surface area contributed by atoms with Crippen LogP contribution in [0.1, 0.15) is 6.92 Å². The predicted molar refractivity (Wildman–Crippen MR) is 72.0 cm³/mol. The normalized spacial score (nSPS) is 12.0. The molecular weight excluding hydrogens is 354 g/mol. The maximum Gasteiger partial charge on any atom is 0.260 e. The summed E-state index contributed by atoms with van der Waals surface area (Å²) in [6.07, 6.45) is -0.612. The van der Waals surface area contributed by atoms with E-state index < -0.39 is 6.10 Å². The summed E-state index contributed by atoms with van der Waals surface area (Å²) in [4.78, 5) is 11.5. The van der Waals surface area contributed by atoms with E-state index in [0.717, 1.165) is 8.95 Å². The molecule has 0 unspecified atom stereocenters. The third-order valence-corrected chi connectivity index (χ3v) is 3.09. The topological polar surface area (TPSA) is 58.6 Å². The predicted octanol–water partition coefficient (Wildman–Crippen LogP) is 2.09. The van der Waals surface area contributed by atoms with Crippen LogP contribution in [-0.2, 0) is 4.79 Å². The lowest BCUT2D eigenvalue weighted by Crippen LogP contribution is -2.37. The summed E-state index contributed by atoms with van der Waals surface area (Å²) in [5, 5.41) is 11.1. The zero-order chi connectivity index (χ0) is 12.8. The largest absolute Gasteiger partial charge is 0.480 e. The van der Waals surface area contributed by atoms with Gasteiger partial charge < -0.3 is 15.2 Å². The molecule has 0 aliphatic carbocycles. The first kappa shape index (κ1) is 14.5. The van der Waals surface area contributed by atoms with E-state index in [0.29, 0.717) is 5.75 Å². The minimum atomic E-state index is -0.612. The van der Waals surface area contributed by atoms with Crippen LogP contribution in [0.4, 0.5) is 0 Å². The molecule has 1 amide bonds. The number of aliphatic hydroxyl groups is 1. The molecule has 1 aromatic carbocycles. The van der Waals surface area contributed by atoms with E-state index in [2.05, 4.69) is 37.2 Å². The molecule has 1 aromatic rings. The van der Waals surface area contributed by atoms with Crippen molar-refractivity contribution in [2.75, 3.05) is 13.2 Å². The Kier molecular flexibility index (Phi) is 5.94. The quantitative estimate of drug-likeness (QED) is 0.838. The van der Waals surface area contributed by atoms with Crippen molar-refractivity contribution in [1.29, 1.82) is 0 Å². The number of amides is 1. The molecule has 0 aliphatic rings. The number of nitrogens with one attached hydrogen (secondary N) is 1. The second kappa shape index (κ2) is 6.98.